The van der Waals surface area contributed by atoms with E-state index in [1.165, 1.54) is 0 Å². The van der Waals surface area contributed by atoms with Crippen LogP contribution in [0, 0.1) is 5.92 Å². The molecular weight excluding hydrogens is 254 g/mol. The van der Waals surface area contributed by atoms with Gasteiger partial charge >= 0.3 is 5.76 Å². The maximum absolute atomic E-state index is 12.1. The van der Waals surface area contributed by atoms with Gasteiger partial charge in [-0.1, -0.05) is 19.9 Å². The van der Waals surface area contributed by atoms with Crippen molar-refractivity contribution in [2.45, 2.75) is 20.4 Å². The molecule has 0 aliphatic carbocycles. The van der Waals surface area contributed by atoms with Crippen molar-refractivity contribution in [1.29, 1.82) is 0 Å². The van der Waals surface area contributed by atoms with Crippen molar-refractivity contribution < 1.29 is 4.42 Å². The summed E-state index contributed by atoms with van der Waals surface area (Å²) in [6, 6.07) is 5.92. The molecule has 1 aliphatic rings. The van der Waals surface area contributed by atoms with Crippen molar-refractivity contribution >= 4 is 16.8 Å². The van der Waals surface area contributed by atoms with Gasteiger partial charge in [-0.3, -0.25) is 4.57 Å². The van der Waals surface area contributed by atoms with Crippen molar-refractivity contribution in [2.75, 3.05) is 31.1 Å². The van der Waals surface area contributed by atoms with Crippen LogP contribution in [0.5, 0.6) is 0 Å². The molecule has 1 saturated heterocycles. The van der Waals surface area contributed by atoms with E-state index in [-0.39, 0.29) is 5.76 Å². The van der Waals surface area contributed by atoms with Crippen LogP contribution in [-0.4, -0.2) is 30.7 Å². The molecule has 2 aromatic rings. The number of anilines is 1. The monoisotopic (exact) mass is 275 g/mol. The topological polar surface area (TPSA) is 50.4 Å². The highest BCUT2D eigenvalue weighted by Crippen LogP contribution is 2.27. The number of benzene rings is 1. The minimum atomic E-state index is -0.253. The highest BCUT2D eigenvalue weighted by Gasteiger charge is 2.19. The molecule has 108 valence electrons. The van der Waals surface area contributed by atoms with Gasteiger partial charge in [0.25, 0.3) is 0 Å². The molecule has 1 aromatic carbocycles. The van der Waals surface area contributed by atoms with Gasteiger partial charge in [-0.25, -0.2) is 4.79 Å². The van der Waals surface area contributed by atoms with E-state index in [2.05, 4.69) is 30.1 Å². The number of hydrogen-bond donors (Lipinski definition) is 1. The SMILES string of the molecule is CC(C)Cn1c(=O)oc2cccc(N3CCNCC3)c21. The average molecular weight is 275 g/mol. The lowest BCUT2D eigenvalue weighted by molar-refractivity contribution is 0.458. The summed E-state index contributed by atoms with van der Waals surface area (Å²) in [7, 11) is 0. The molecule has 20 heavy (non-hydrogen) atoms. The zero-order valence-electron chi connectivity index (χ0n) is 12.1. The molecule has 1 fully saturated rings. The molecule has 0 amide bonds. The third kappa shape index (κ3) is 2.33. The van der Waals surface area contributed by atoms with Gasteiger partial charge in [-0.05, 0) is 18.1 Å². The lowest BCUT2D eigenvalue weighted by atomic mass is 10.2. The van der Waals surface area contributed by atoms with Crippen molar-refractivity contribution in [3.8, 4) is 0 Å². The first-order chi connectivity index (χ1) is 9.66. The Balaban J connectivity index is 2.13. The van der Waals surface area contributed by atoms with Gasteiger partial charge in [-0.15, -0.1) is 0 Å². The van der Waals surface area contributed by atoms with Crippen LogP contribution in [0.1, 0.15) is 13.8 Å². The fourth-order valence-corrected chi connectivity index (χ4v) is 2.80. The molecule has 0 atom stereocenters. The second-order valence-electron chi connectivity index (χ2n) is 5.73. The van der Waals surface area contributed by atoms with Gasteiger partial charge in [0.15, 0.2) is 5.58 Å². The highest BCUT2D eigenvalue weighted by molar-refractivity contribution is 5.87. The molecule has 1 aromatic heterocycles. The fraction of sp³-hybridized carbons (Fsp3) is 0.533. The number of aromatic nitrogens is 1. The molecule has 2 heterocycles. The zero-order valence-corrected chi connectivity index (χ0v) is 12.1. The van der Waals surface area contributed by atoms with E-state index in [4.69, 9.17) is 4.42 Å². The smallest absolute Gasteiger partial charge is 0.408 e. The van der Waals surface area contributed by atoms with Gasteiger partial charge in [0.2, 0.25) is 0 Å². The Kier molecular flexibility index (Phi) is 3.53. The van der Waals surface area contributed by atoms with Crippen molar-refractivity contribution in [1.82, 2.24) is 9.88 Å². The Morgan fingerprint density at radius 1 is 1.30 bits per heavy atom. The van der Waals surface area contributed by atoms with E-state index in [0.29, 0.717) is 18.0 Å². The second kappa shape index (κ2) is 5.32. The molecule has 0 unspecified atom stereocenters. The number of oxazole rings is 1. The summed E-state index contributed by atoms with van der Waals surface area (Å²) in [5.41, 5.74) is 2.73. The summed E-state index contributed by atoms with van der Waals surface area (Å²) in [4.78, 5) is 14.4. The van der Waals surface area contributed by atoms with Crippen LogP contribution in [0.3, 0.4) is 0 Å². The third-order valence-corrected chi connectivity index (χ3v) is 3.67. The number of fused-ring (bicyclic) bond motifs is 1. The van der Waals surface area contributed by atoms with Crippen molar-refractivity contribution in [3.05, 3.63) is 28.7 Å². The summed E-state index contributed by atoms with van der Waals surface area (Å²) in [5, 5.41) is 3.35. The fourth-order valence-electron chi connectivity index (χ4n) is 2.80. The highest BCUT2D eigenvalue weighted by atomic mass is 16.4. The maximum atomic E-state index is 12.1. The number of para-hydroxylation sites is 1. The molecule has 0 spiro atoms. The second-order valence-corrected chi connectivity index (χ2v) is 5.73. The summed E-state index contributed by atoms with van der Waals surface area (Å²) < 4.78 is 7.17. The van der Waals surface area contributed by atoms with Crippen LogP contribution in [0.15, 0.2) is 27.4 Å². The van der Waals surface area contributed by atoms with E-state index in [0.717, 1.165) is 37.4 Å². The van der Waals surface area contributed by atoms with E-state index in [1.54, 1.807) is 4.57 Å². The molecule has 1 aliphatic heterocycles. The Bertz CT molecular complexity index is 651. The first-order valence-corrected chi connectivity index (χ1v) is 7.25. The van der Waals surface area contributed by atoms with Crippen LogP contribution in [0.25, 0.3) is 11.1 Å². The number of piperazine rings is 1. The number of nitrogens with zero attached hydrogens (tertiary/aromatic N) is 2. The van der Waals surface area contributed by atoms with Crippen LogP contribution < -0.4 is 16.0 Å². The maximum Gasteiger partial charge on any atom is 0.420 e. The van der Waals surface area contributed by atoms with E-state index >= 15 is 0 Å². The number of nitrogens with one attached hydrogen (secondary N) is 1. The number of rotatable bonds is 3. The predicted molar refractivity (Wildman–Crippen MR) is 80.4 cm³/mol. The van der Waals surface area contributed by atoms with Crippen LogP contribution in [0.4, 0.5) is 5.69 Å². The van der Waals surface area contributed by atoms with Gasteiger partial charge in [0, 0.05) is 32.7 Å². The first kappa shape index (κ1) is 13.2. The molecule has 0 radical (unpaired) electrons. The number of hydrogen-bond acceptors (Lipinski definition) is 4. The Hall–Kier alpha value is -1.75. The first-order valence-electron chi connectivity index (χ1n) is 7.25. The van der Waals surface area contributed by atoms with Crippen LogP contribution in [0.2, 0.25) is 0 Å². The summed E-state index contributed by atoms with van der Waals surface area (Å²) in [6.07, 6.45) is 0. The normalized spacial score (nSPS) is 16.2. The molecule has 0 saturated carbocycles. The standard InChI is InChI=1S/C15H21N3O2/c1-11(2)10-18-14-12(17-8-6-16-7-9-17)4-3-5-13(14)20-15(18)19/h3-5,11,16H,6-10H2,1-2H3. The lowest BCUT2D eigenvalue weighted by Gasteiger charge is -2.30. The molecule has 5 heteroatoms. The lowest BCUT2D eigenvalue weighted by Crippen LogP contribution is -2.43. The van der Waals surface area contributed by atoms with Crippen molar-refractivity contribution in [3.63, 3.8) is 0 Å². The van der Waals surface area contributed by atoms with Gasteiger partial charge < -0.3 is 14.6 Å². The van der Waals surface area contributed by atoms with Crippen LogP contribution in [-0.2, 0) is 6.54 Å². The Labute approximate surface area is 118 Å². The van der Waals surface area contributed by atoms with Gasteiger partial charge in [0.05, 0.1) is 5.69 Å². The molecular formula is C15H21N3O2. The Morgan fingerprint density at radius 3 is 2.75 bits per heavy atom. The summed E-state index contributed by atoms with van der Waals surface area (Å²) in [6.45, 7) is 8.78. The molecule has 3 rings (SSSR count). The summed E-state index contributed by atoms with van der Waals surface area (Å²) in [5.74, 6) is 0.154. The molecule has 0 bridgehead atoms. The quantitative estimate of drug-likeness (QED) is 0.925. The third-order valence-electron chi connectivity index (χ3n) is 3.67. The Morgan fingerprint density at radius 2 is 2.05 bits per heavy atom. The van der Waals surface area contributed by atoms with E-state index in [9.17, 15) is 4.79 Å². The zero-order chi connectivity index (χ0) is 14.1. The minimum Gasteiger partial charge on any atom is -0.408 e. The van der Waals surface area contributed by atoms with Gasteiger partial charge in [-0.2, -0.15) is 0 Å². The largest absolute Gasteiger partial charge is 0.420 e. The average Bonchev–Trinajstić information content (AvgIpc) is 2.75. The van der Waals surface area contributed by atoms with Gasteiger partial charge in [0.1, 0.15) is 5.52 Å². The molecule has 1 N–H and O–H groups in total. The molecule has 5 nitrogen and oxygen atoms in total. The van der Waals surface area contributed by atoms with Crippen LogP contribution >= 0.6 is 0 Å². The van der Waals surface area contributed by atoms with E-state index in [1.807, 2.05) is 12.1 Å². The minimum absolute atomic E-state index is 0.253. The predicted octanol–water partition coefficient (Wildman–Crippen LogP) is 1.66. The van der Waals surface area contributed by atoms with Crippen molar-refractivity contribution in [2.24, 2.45) is 5.92 Å². The van der Waals surface area contributed by atoms with E-state index < -0.39 is 0 Å². The summed E-state index contributed by atoms with van der Waals surface area (Å²) >= 11 is 0.